The first-order valence-corrected chi connectivity index (χ1v) is 5.19. The first-order chi connectivity index (χ1) is 7.65. The molecule has 0 atom stereocenters. The average molecular weight is 216 g/mol. The van der Waals surface area contributed by atoms with Crippen molar-refractivity contribution in [3.8, 4) is 0 Å². The van der Waals surface area contributed by atoms with E-state index in [1.54, 1.807) is 18.3 Å². The number of nitrogens with zero attached hydrogens (tertiary/aromatic N) is 2. The molecule has 1 aromatic heterocycles. The summed E-state index contributed by atoms with van der Waals surface area (Å²) in [4.78, 5) is 8.69. The lowest BCUT2D eigenvalue weighted by Gasteiger charge is -2.05. The van der Waals surface area contributed by atoms with Crippen LogP contribution in [0, 0.1) is 19.7 Å². The molecule has 1 aromatic carbocycles. The van der Waals surface area contributed by atoms with Gasteiger partial charge in [-0.05, 0) is 31.5 Å². The summed E-state index contributed by atoms with van der Waals surface area (Å²) in [6.45, 7) is 3.85. The number of rotatable bonds is 2. The summed E-state index contributed by atoms with van der Waals surface area (Å²) in [7, 11) is 0. The van der Waals surface area contributed by atoms with Crippen molar-refractivity contribution < 1.29 is 4.39 Å². The maximum Gasteiger partial charge on any atom is 0.123 e. The molecule has 0 amide bonds. The first kappa shape index (κ1) is 10.7. The van der Waals surface area contributed by atoms with Crippen LogP contribution in [0.15, 0.2) is 30.5 Å². The number of hydrogen-bond acceptors (Lipinski definition) is 2. The molecule has 0 saturated carbocycles. The average Bonchev–Trinajstić information content (AvgIpc) is 2.27. The molecule has 16 heavy (non-hydrogen) atoms. The Morgan fingerprint density at radius 1 is 1.12 bits per heavy atom. The van der Waals surface area contributed by atoms with Crippen molar-refractivity contribution in [3.63, 3.8) is 0 Å². The fraction of sp³-hybridized carbons (Fsp3) is 0.231. The molecule has 2 nitrogen and oxygen atoms in total. The third kappa shape index (κ3) is 2.42. The lowest BCUT2D eigenvalue weighted by Crippen LogP contribution is -2.00. The Labute approximate surface area is 94.2 Å². The van der Waals surface area contributed by atoms with Crippen LogP contribution in [0.1, 0.15) is 22.6 Å². The number of aryl methyl sites for hydroxylation is 2. The minimum atomic E-state index is -0.212. The standard InChI is InChI=1S/C13H13FN2/c1-9-8-15-10(2)13(16-9)7-11-3-5-12(14)6-4-11/h3-6,8H,7H2,1-2H3. The molecule has 0 aliphatic carbocycles. The number of halogens is 1. The largest absolute Gasteiger partial charge is 0.258 e. The molecule has 0 N–H and O–H groups in total. The van der Waals surface area contributed by atoms with Crippen molar-refractivity contribution in [2.45, 2.75) is 20.3 Å². The zero-order valence-corrected chi connectivity index (χ0v) is 9.37. The lowest BCUT2D eigenvalue weighted by atomic mass is 10.1. The molecule has 3 heteroatoms. The molecule has 2 rings (SSSR count). The summed E-state index contributed by atoms with van der Waals surface area (Å²) in [5.41, 5.74) is 3.83. The van der Waals surface area contributed by atoms with E-state index in [-0.39, 0.29) is 5.82 Å². The normalized spacial score (nSPS) is 10.4. The molecule has 0 spiro atoms. The molecular weight excluding hydrogens is 203 g/mol. The van der Waals surface area contributed by atoms with Crippen LogP contribution < -0.4 is 0 Å². The van der Waals surface area contributed by atoms with E-state index in [1.165, 1.54) is 12.1 Å². The van der Waals surface area contributed by atoms with Gasteiger partial charge in [-0.2, -0.15) is 0 Å². The Morgan fingerprint density at radius 2 is 1.81 bits per heavy atom. The van der Waals surface area contributed by atoms with E-state index in [0.29, 0.717) is 6.42 Å². The van der Waals surface area contributed by atoms with Crippen molar-refractivity contribution in [1.29, 1.82) is 0 Å². The Morgan fingerprint density at radius 3 is 2.50 bits per heavy atom. The highest BCUT2D eigenvalue weighted by Gasteiger charge is 2.03. The summed E-state index contributed by atoms with van der Waals surface area (Å²) in [5.74, 6) is -0.212. The van der Waals surface area contributed by atoms with Gasteiger partial charge in [0.1, 0.15) is 5.82 Å². The zero-order chi connectivity index (χ0) is 11.5. The van der Waals surface area contributed by atoms with Gasteiger partial charge in [-0.1, -0.05) is 12.1 Å². The number of hydrogen-bond donors (Lipinski definition) is 0. The van der Waals surface area contributed by atoms with E-state index in [4.69, 9.17) is 0 Å². The van der Waals surface area contributed by atoms with Crippen LogP contribution in [0.25, 0.3) is 0 Å². The molecule has 2 aromatic rings. The van der Waals surface area contributed by atoms with Gasteiger partial charge in [0.15, 0.2) is 0 Å². The SMILES string of the molecule is Cc1cnc(C)c(Cc2ccc(F)cc2)n1. The van der Waals surface area contributed by atoms with Crippen molar-refractivity contribution >= 4 is 0 Å². The molecule has 0 bridgehead atoms. The van der Waals surface area contributed by atoms with E-state index in [0.717, 1.165) is 22.6 Å². The highest BCUT2D eigenvalue weighted by molar-refractivity contribution is 5.24. The second kappa shape index (κ2) is 4.39. The minimum Gasteiger partial charge on any atom is -0.258 e. The van der Waals surface area contributed by atoms with Crippen molar-refractivity contribution in [2.75, 3.05) is 0 Å². The minimum absolute atomic E-state index is 0.212. The third-order valence-corrected chi connectivity index (χ3v) is 2.46. The maximum absolute atomic E-state index is 12.7. The maximum atomic E-state index is 12.7. The summed E-state index contributed by atoms with van der Waals surface area (Å²) in [6.07, 6.45) is 2.45. The van der Waals surface area contributed by atoms with Gasteiger partial charge in [0.2, 0.25) is 0 Å². The van der Waals surface area contributed by atoms with Gasteiger partial charge in [-0.15, -0.1) is 0 Å². The van der Waals surface area contributed by atoms with Gasteiger partial charge in [0.05, 0.1) is 17.1 Å². The lowest BCUT2D eigenvalue weighted by molar-refractivity contribution is 0.627. The van der Waals surface area contributed by atoms with Crippen molar-refractivity contribution in [2.24, 2.45) is 0 Å². The summed E-state index contributed by atoms with van der Waals surface area (Å²) < 4.78 is 12.7. The van der Waals surface area contributed by atoms with Crippen LogP contribution in [0.3, 0.4) is 0 Å². The van der Waals surface area contributed by atoms with Crippen LogP contribution >= 0.6 is 0 Å². The molecular formula is C13H13FN2. The number of benzene rings is 1. The Hall–Kier alpha value is -1.77. The van der Waals surface area contributed by atoms with Gasteiger partial charge in [-0.25, -0.2) is 4.39 Å². The molecule has 0 radical (unpaired) electrons. The van der Waals surface area contributed by atoms with Gasteiger partial charge in [-0.3, -0.25) is 9.97 Å². The van der Waals surface area contributed by atoms with Crippen LogP contribution in [0.5, 0.6) is 0 Å². The second-order valence-corrected chi connectivity index (χ2v) is 3.85. The van der Waals surface area contributed by atoms with Crippen LogP contribution in [0.2, 0.25) is 0 Å². The Kier molecular flexibility index (Phi) is 2.95. The van der Waals surface area contributed by atoms with Crippen molar-refractivity contribution in [3.05, 3.63) is 58.9 Å². The molecule has 0 unspecified atom stereocenters. The summed E-state index contributed by atoms with van der Waals surface area (Å²) >= 11 is 0. The van der Waals surface area contributed by atoms with Gasteiger partial charge in [0.25, 0.3) is 0 Å². The highest BCUT2D eigenvalue weighted by Crippen LogP contribution is 2.11. The van der Waals surface area contributed by atoms with E-state index in [2.05, 4.69) is 9.97 Å². The van der Waals surface area contributed by atoms with Crippen LogP contribution in [-0.4, -0.2) is 9.97 Å². The molecule has 0 aliphatic rings. The fourth-order valence-corrected chi connectivity index (χ4v) is 1.55. The quantitative estimate of drug-likeness (QED) is 0.771. The van der Waals surface area contributed by atoms with E-state index < -0.39 is 0 Å². The second-order valence-electron chi connectivity index (χ2n) is 3.85. The Balaban J connectivity index is 2.26. The van der Waals surface area contributed by atoms with E-state index >= 15 is 0 Å². The third-order valence-electron chi connectivity index (χ3n) is 2.46. The zero-order valence-electron chi connectivity index (χ0n) is 9.37. The molecule has 1 heterocycles. The smallest absolute Gasteiger partial charge is 0.123 e. The van der Waals surface area contributed by atoms with Gasteiger partial charge >= 0.3 is 0 Å². The molecule has 0 fully saturated rings. The van der Waals surface area contributed by atoms with Gasteiger partial charge < -0.3 is 0 Å². The fourth-order valence-electron chi connectivity index (χ4n) is 1.55. The topological polar surface area (TPSA) is 25.8 Å². The summed E-state index contributed by atoms with van der Waals surface area (Å²) in [6, 6.07) is 6.49. The predicted octanol–water partition coefficient (Wildman–Crippen LogP) is 2.82. The highest BCUT2D eigenvalue weighted by atomic mass is 19.1. The van der Waals surface area contributed by atoms with E-state index in [1.807, 2.05) is 13.8 Å². The van der Waals surface area contributed by atoms with E-state index in [9.17, 15) is 4.39 Å². The van der Waals surface area contributed by atoms with Crippen LogP contribution in [0.4, 0.5) is 4.39 Å². The predicted molar refractivity (Wildman–Crippen MR) is 60.7 cm³/mol. The number of aromatic nitrogens is 2. The Bertz CT molecular complexity index is 492. The monoisotopic (exact) mass is 216 g/mol. The van der Waals surface area contributed by atoms with Crippen molar-refractivity contribution in [1.82, 2.24) is 9.97 Å². The molecule has 0 aliphatic heterocycles. The first-order valence-electron chi connectivity index (χ1n) is 5.19. The molecule has 82 valence electrons. The van der Waals surface area contributed by atoms with Crippen LogP contribution in [-0.2, 0) is 6.42 Å². The summed E-state index contributed by atoms with van der Waals surface area (Å²) in [5, 5.41) is 0. The van der Waals surface area contributed by atoms with Gasteiger partial charge in [0, 0.05) is 12.6 Å². The molecule has 0 saturated heterocycles.